The minimum Gasteiger partial charge on any atom is -0.461 e. The van der Waals surface area contributed by atoms with Crippen LogP contribution in [-0.2, 0) is 0 Å². The Hall–Kier alpha value is -4.80. The lowest BCUT2D eigenvalue weighted by Gasteiger charge is -2.09. The van der Waals surface area contributed by atoms with Gasteiger partial charge in [0.2, 0.25) is 17.7 Å². The van der Waals surface area contributed by atoms with Crippen molar-refractivity contribution >= 4 is 28.6 Å². The number of rotatable bonds is 4. The molecular weight excluding hydrogens is 432 g/mol. The summed E-state index contributed by atoms with van der Waals surface area (Å²) in [6.07, 6.45) is 3.21. The van der Waals surface area contributed by atoms with Crippen LogP contribution in [0.1, 0.15) is 17.0 Å². The Morgan fingerprint density at radius 3 is 2.68 bits per heavy atom. The van der Waals surface area contributed by atoms with Crippen LogP contribution in [0.2, 0.25) is 0 Å². The molecule has 166 valence electrons. The Kier molecular flexibility index (Phi) is 4.47. The first-order valence-electron chi connectivity index (χ1n) is 10.5. The van der Waals surface area contributed by atoms with Crippen molar-refractivity contribution in [1.82, 2.24) is 44.7 Å². The number of benzene rings is 1. The lowest BCUT2D eigenvalue weighted by molar-refractivity contribution is 0.577. The second-order valence-electron chi connectivity index (χ2n) is 7.80. The van der Waals surface area contributed by atoms with Gasteiger partial charge in [0.25, 0.3) is 5.78 Å². The summed E-state index contributed by atoms with van der Waals surface area (Å²) >= 11 is 0. The monoisotopic (exact) mass is 450 g/mol. The number of nitrogens with zero attached hydrogens (tertiary/aromatic N) is 9. The number of hydrogen-bond donors (Lipinski definition) is 1. The van der Waals surface area contributed by atoms with Crippen LogP contribution in [0.15, 0.2) is 53.3 Å². The zero-order valence-corrected chi connectivity index (χ0v) is 18.6. The highest BCUT2D eigenvalue weighted by Gasteiger charge is 2.17. The Morgan fingerprint density at radius 2 is 1.82 bits per heavy atom. The molecule has 0 radical (unpaired) electrons. The van der Waals surface area contributed by atoms with Crippen LogP contribution in [0.25, 0.3) is 39.7 Å². The van der Waals surface area contributed by atoms with Crippen molar-refractivity contribution in [3.05, 3.63) is 65.8 Å². The van der Waals surface area contributed by atoms with Gasteiger partial charge in [-0.2, -0.15) is 9.50 Å². The zero-order valence-electron chi connectivity index (χ0n) is 18.6. The van der Waals surface area contributed by atoms with Gasteiger partial charge in [-0.1, -0.05) is 11.6 Å². The summed E-state index contributed by atoms with van der Waals surface area (Å²) in [4.78, 5) is 22.5. The van der Waals surface area contributed by atoms with Crippen molar-refractivity contribution in [3.8, 4) is 23.0 Å². The summed E-state index contributed by atoms with van der Waals surface area (Å²) in [6.45, 7) is 5.88. The molecule has 0 unspecified atom stereocenters. The van der Waals surface area contributed by atoms with E-state index in [2.05, 4.69) is 51.6 Å². The Morgan fingerprint density at radius 1 is 0.912 bits per heavy atom. The number of fused-ring (bicyclic) bond motifs is 2. The van der Waals surface area contributed by atoms with Crippen molar-refractivity contribution in [1.29, 1.82) is 0 Å². The molecule has 5 aromatic heterocycles. The lowest BCUT2D eigenvalue weighted by Crippen LogP contribution is -2.06. The van der Waals surface area contributed by atoms with Crippen LogP contribution >= 0.6 is 0 Å². The first-order valence-corrected chi connectivity index (χ1v) is 10.5. The van der Waals surface area contributed by atoms with E-state index in [0.29, 0.717) is 40.6 Å². The highest BCUT2D eigenvalue weighted by Crippen LogP contribution is 2.23. The first kappa shape index (κ1) is 19.9. The van der Waals surface area contributed by atoms with E-state index in [1.165, 1.54) is 0 Å². The summed E-state index contributed by atoms with van der Waals surface area (Å²) in [7, 11) is 0. The molecule has 1 aromatic carbocycles. The van der Waals surface area contributed by atoms with Gasteiger partial charge >= 0.3 is 0 Å². The van der Waals surface area contributed by atoms with E-state index in [1.54, 1.807) is 35.2 Å². The van der Waals surface area contributed by atoms with Gasteiger partial charge < -0.3 is 4.42 Å². The van der Waals surface area contributed by atoms with E-state index >= 15 is 0 Å². The van der Waals surface area contributed by atoms with E-state index < -0.39 is 0 Å². The van der Waals surface area contributed by atoms with E-state index in [4.69, 9.17) is 4.42 Å². The lowest BCUT2D eigenvalue weighted by atomic mass is 10.1. The Labute approximate surface area is 193 Å². The van der Waals surface area contributed by atoms with Crippen molar-refractivity contribution in [2.75, 3.05) is 5.32 Å². The largest absolute Gasteiger partial charge is 0.461 e. The van der Waals surface area contributed by atoms with Crippen molar-refractivity contribution in [3.63, 3.8) is 0 Å². The van der Waals surface area contributed by atoms with E-state index in [-0.39, 0.29) is 0 Å². The average molecular weight is 450 g/mol. The molecule has 11 heteroatoms. The Bertz CT molecular complexity index is 1670. The van der Waals surface area contributed by atoms with Gasteiger partial charge in [-0.3, -0.25) is 5.32 Å². The van der Waals surface area contributed by atoms with Crippen LogP contribution in [0.3, 0.4) is 0 Å². The number of anilines is 2. The fourth-order valence-electron chi connectivity index (χ4n) is 3.71. The predicted molar refractivity (Wildman–Crippen MR) is 124 cm³/mol. The minimum absolute atomic E-state index is 0.347. The smallest absolute Gasteiger partial charge is 0.272 e. The molecule has 6 aromatic rings. The van der Waals surface area contributed by atoms with Crippen molar-refractivity contribution in [2.24, 2.45) is 0 Å². The van der Waals surface area contributed by atoms with Gasteiger partial charge in [0.15, 0.2) is 5.76 Å². The molecule has 0 bridgehead atoms. The summed E-state index contributed by atoms with van der Waals surface area (Å²) in [5.41, 5.74) is 4.74. The molecule has 0 atom stereocenters. The molecule has 0 saturated heterocycles. The van der Waals surface area contributed by atoms with Gasteiger partial charge in [0.05, 0.1) is 28.9 Å². The summed E-state index contributed by atoms with van der Waals surface area (Å²) in [5, 5.41) is 17.2. The van der Waals surface area contributed by atoms with Crippen molar-refractivity contribution in [2.45, 2.75) is 20.8 Å². The molecule has 0 aliphatic carbocycles. The zero-order chi connectivity index (χ0) is 23.2. The van der Waals surface area contributed by atoms with Crippen LogP contribution in [0.5, 0.6) is 0 Å². The third-order valence-electron chi connectivity index (χ3n) is 5.40. The van der Waals surface area contributed by atoms with Gasteiger partial charge in [-0.05, 0) is 51.1 Å². The number of aromatic nitrogens is 9. The fourth-order valence-corrected chi connectivity index (χ4v) is 3.71. The van der Waals surface area contributed by atoms with Crippen LogP contribution in [0.4, 0.5) is 11.9 Å². The molecule has 5 heterocycles. The van der Waals surface area contributed by atoms with Crippen molar-refractivity contribution < 1.29 is 4.42 Å². The third kappa shape index (κ3) is 3.39. The molecule has 34 heavy (non-hydrogen) atoms. The normalized spacial score (nSPS) is 11.4. The highest BCUT2D eigenvalue weighted by atomic mass is 16.3. The summed E-state index contributed by atoms with van der Waals surface area (Å²) < 4.78 is 7.01. The van der Waals surface area contributed by atoms with E-state index in [0.717, 1.165) is 27.9 Å². The second-order valence-corrected chi connectivity index (χ2v) is 7.80. The van der Waals surface area contributed by atoms with Crippen LogP contribution in [-0.4, -0.2) is 44.7 Å². The van der Waals surface area contributed by atoms with E-state index in [9.17, 15) is 0 Å². The van der Waals surface area contributed by atoms with Gasteiger partial charge in [-0.25, -0.2) is 19.9 Å². The maximum atomic E-state index is 5.39. The molecule has 0 fully saturated rings. The molecule has 6 rings (SSSR count). The van der Waals surface area contributed by atoms with Gasteiger partial charge in [0.1, 0.15) is 5.69 Å². The maximum absolute atomic E-state index is 5.39. The molecule has 11 nitrogen and oxygen atoms in total. The molecule has 0 amide bonds. The Balaban J connectivity index is 1.36. The molecule has 0 aliphatic heterocycles. The van der Waals surface area contributed by atoms with Crippen LogP contribution < -0.4 is 5.32 Å². The van der Waals surface area contributed by atoms with Gasteiger partial charge in [0, 0.05) is 11.6 Å². The third-order valence-corrected chi connectivity index (χ3v) is 5.40. The van der Waals surface area contributed by atoms with E-state index in [1.807, 2.05) is 32.9 Å². The standard InChI is InChI=1S/C23H18N10O/c1-12-6-7-16-15(11-12)13(2)25-22(26-16)29-21-24-9-8-17(27-21)19-14(3)33-23(31-30-19)28-20(32-33)18-5-4-10-34-18/h4-11H,1-3H3,(H,24,25,26,27,29). The predicted octanol–water partition coefficient (Wildman–Crippen LogP) is 3.85. The fraction of sp³-hybridized carbons (Fsp3) is 0.130. The molecule has 0 aliphatic rings. The first-order chi connectivity index (χ1) is 16.5. The average Bonchev–Trinajstić information content (AvgIpc) is 3.50. The molecule has 0 spiro atoms. The number of aryl methyl sites for hydroxylation is 3. The molecule has 1 N–H and O–H groups in total. The SMILES string of the molecule is Cc1ccc2nc(Nc3nccc(-c4nnc5nc(-c6ccco6)nn5c4C)n3)nc(C)c2c1. The maximum Gasteiger partial charge on any atom is 0.272 e. The topological polar surface area (TPSA) is 133 Å². The summed E-state index contributed by atoms with van der Waals surface area (Å²) in [5.74, 6) is 2.13. The summed E-state index contributed by atoms with van der Waals surface area (Å²) in [6, 6.07) is 11.4. The number of nitrogens with one attached hydrogen (secondary N) is 1. The van der Waals surface area contributed by atoms with Crippen LogP contribution in [0, 0.1) is 20.8 Å². The number of hydrogen-bond acceptors (Lipinski definition) is 10. The number of furan rings is 1. The minimum atomic E-state index is 0.347. The quantitative estimate of drug-likeness (QED) is 0.422. The van der Waals surface area contributed by atoms with Gasteiger partial charge in [-0.15, -0.1) is 15.3 Å². The molecule has 0 saturated carbocycles. The second kappa shape index (κ2) is 7.66. The molecular formula is C23H18N10O. The highest BCUT2D eigenvalue weighted by molar-refractivity contribution is 5.82.